The van der Waals surface area contributed by atoms with Crippen LogP contribution in [0.1, 0.15) is 31.8 Å². The molecule has 0 saturated heterocycles. The molecule has 2 aromatic rings. The summed E-state index contributed by atoms with van der Waals surface area (Å²) >= 11 is 1.39. The number of benzene rings is 1. The van der Waals surface area contributed by atoms with Crippen LogP contribution in [0.3, 0.4) is 0 Å². The number of hydrogen-bond donors (Lipinski definition) is 1. The third-order valence-electron chi connectivity index (χ3n) is 3.39. The van der Waals surface area contributed by atoms with Crippen molar-refractivity contribution in [2.24, 2.45) is 0 Å². The molecule has 25 heavy (non-hydrogen) atoms. The molecule has 0 spiro atoms. The van der Waals surface area contributed by atoms with Crippen molar-refractivity contribution in [3.63, 3.8) is 0 Å². The first kappa shape index (κ1) is 18.7. The van der Waals surface area contributed by atoms with Crippen LogP contribution in [0.5, 0.6) is 5.75 Å². The Morgan fingerprint density at radius 3 is 2.40 bits per heavy atom. The maximum atomic E-state index is 11.9. The minimum Gasteiger partial charge on any atom is -0.497 e. The van der Waals surface area contributed by atoms with Crippen molar-refractivity contribution in [3.05, 3.63) is 51.7 Å². The Labute approximate surface area is 149 Å². The summed E-state index contributed by atoms with van der Waals surface area (Å²) in [6.45, 7) is 1.37. The van der Waals surface area contributed by atoms with Gasteiger partial charge in [0.2, 0.25) is 5.78 Å². The zero-order valence-corrected chi connectivity index (χ0v) is 14.9. The number of Topliss-reactive ketones (excluding diaryl/α,β-unsaturated/α-hetero) is 1. The number of rotatable bonds is 8. The fraction of sp³-hybridized carbons (Fsp3) is 0.278. The smallest absolute Gasteiger partial charge is 0.325 e. The fourth-order valence-corrected chi connectivity index (χ4v) is 2.85. The van der Waals surface area contributed by atoms with E-state index in [1.807, 2.05) is 13.0 Å². The Hall–Kier alpha value is -2.67. The Kier molecular flexibility index (Phi) is 6.71. The van der Waals surface area contributed by atoms with Gasteiger partial charge in [-0.25, -0.2) is 0 Å². The second-order valence-electron chi connectivity index (χ2n) is 5.11. The van der Waals surface area contributed by atoms with E-state index in [0.29, 0.717) is 16.2 Å². The van der Waals surface area contributed by atoms with Gasteiger partial charge in [-0.3, -0.25) is 14.4 Å². The van der Waals surface area contributed by atoms with E-state index in [1.165, 1.54) is 18.4 Å². The van der Waals surface area contributed by atoms with Gasteiger partial charge in [-0.05, 0) is 42.8 Å². The molecule has 0 bridgehead atoms. The van der Waals surface area contributed by atoms with Crippen LogP contribution in [0.15, 0.2) is 36.4 Å². The summed E-state index contributed by atoms with van der Waals surface area (Å²) in [5.74, 6) is -0.687. The predicted octanol–water partition coefficient (Wildman–Crippen LogP) is 2.48. The monoisotopic (exact) mass is 361 g/mol. The number of carbonyl (C=O) groups is 3. The fourth-order valence-electron chi connectivity index (χ4n) is 1.98. The lowest BCUT2D eigenvalue weighted by atomic mass is 10.2. The number of ether oxygens (including phenoxy) is 2. The standard InChI is InChI=1S/C18H19NO5S/c1-3-14-8-9-16(25-14)15(20)11-24-17(21)10-19-18(22)12-4-6-13(23-2)7-5-12/h4-9H,3,10-11H2,1-2H3,(H,19,22). The van der Waals surface area contributed by atoms with E-state index >= 15 is 0 Å². The van der Waals surface area contributed by atoms with Crippen LogP contribution in [-0.2, 0) is 16.0 Å². The third-order valence-corrected chi connectivity index (χ3v) is 4.67. The Morgan fingerprint density at radius 1 is 1.08 bits per heavy atom. The lowest BCUT2D eigenvalue weighted by molar-refractivity contribution is -0.141. The highest BCUT2D eigenvalue weighted by molar-refractivity contribution is 7.14. The summed E-state index contributed by atoms with van der Waals surface area (Å²) < 4.78 is 9.92. The molecule has 0 aliphatic heterocycles. The number of esters is 1. The van der Waals surface area contributed by atoms with Gasteiger partial charge in [-0.15, -0.1) is 11.3 Å². The first-order chi connectivity index (χ1) is 12.0. The molecule has 0 saturated carbocycles. The molecular weight excluding hydrogens is 342 g/mol. The van der Waals surface area contributed by atoms with Crippen molar-refractivity contribution in [1.82, 2.24) is 5.32 Å². The van der Waals surface area contributed by atoms with Crippen LogP contribution in [0.25, 0.3) is 0 Å². The van der Waals surface area contributed by atoms with Crippen LogP contribution in [0.2, 0.25) is 0 Å². The molecule has 0 radical (unpaired) electrons. The predicted molar refractivity (Wildman–Crippen MR) is 94.3 cm³/mol. The molecule has 1 heterocycles. The second-order valence-corrected chi connectivity index (χ2v) is 6.28. The second kappa shape index (κ2) is 8.98. The maximum Gasteiger partial charge on any atom is 0.325 e. The highest BCUT2D eigenvalue weighted by atomic mass is 32.1. The van der Waals surface area contributed by atoms with Crippen LogP contribution < -0.4 is 10.1 Å². The summed E-state index contributed by atoms with van der Waals surface area (Å²) in [5, 5.41) is 2.45. The highest BCUT2D eigenvalue weighted by Crippen LogP contribution is 2.17. The molecular formula is C18H19NO5S. The molecule has 1 amide bonds. The largest absolute Gasteiger partial charge is 0.497 e. The van der Waals surface area contributed by atoms with Crippen LogP contribution >= 0.6 is 11.3 Å². The molecule has 0 unspecified atom stereocenters. The molecule has 0 fully saturated rings. The van der Waals surface area contributed by atoms with Gasteiger partial charge in [0.15, 0.2) is 6.61 Å². The minimum atomic E-state index is -0.664. The zero-order chi connectivity index (χ0) is 18.2. The van der Waals surface area contributed by atoms with E-state index in [0.717, 1.165) is 11.3 Å². The van der Waals surface area contributed by atoms with Gasteiger partial charge in [0.1, 0.15) is 12.3 Å². The quantitative estimate of drug-likeness (QED) is 0.577. The molecule has 1 N–H and O–H groups in total. The lowest BCUT2D eigenvalue weighted by Gasteiger charge is -2.06. The number of aryl methyl sites for hydroxylation is 1. The minimum absolute atomic E-state index is 0.250. The average molecular weight is 361 g/mol. The van der Waals surface area contributed by atoms with Gasteiger partial charge < -0.3 is 14.8 Å². The molecule has 0 aliphatic carbocycles. The summed E-state index contributed by atoms with van der Waals surface area (Å²) in [5.41, 5.74) is 0.398. The summed E-state index contributed by atoms with van der Waals surface area (Å²) in [7, 11) is 1.53. The van der Waals surface area contributed by atoms with E-state index in [-0.39, 0.29) is 18.9 Å². The topological polar surface area (TPSA) is 81.7 Å². The van der Waals surface area contributed by atoms with Gasteiger partial charge in [-0.1, -0.05) is 6.92 Å². The van der Waals surface area contributed by atoms with Gasteiger partial charge >= 0.3 is 5.97 Å². The lowest BCUT2D eigenvalue weighted by Crippen LogP contribution is -2.31. The summed E-state index contributed by atoms with van der Waals surface area (Å²) in [4.78, 5) is 37.2. The van der Waals surface area contributed by atoms with Crippen LogP contribution in [-0.4, -0.2) is 37.9 Å². The number of hydrogen-bond acceptors (Lipinski definition) is 6. The number of amides is 1. The maximum absolute atomic E-state index is 11.9. The number of methoxy groups -OCH3 is 1. The van der Waals surface area contributed by atoms with Crippen LogP contribution in [0.4, 0.5) is 0 Å². The molecule has 1 aromatic carbocycles. The first-order valence-electron chi connectivity index (χ1n) is 7.73. The third kappa shape index (κ3) is 5.42. The van der Waals surface area contributed by atoms with Gasteiger partial charge in [0, 0.05) is 10.4 Å². The van der Waals surface area contributed by atoms with Crippen molar-refractivity contribution in [3.8, 4) is 5.75 Å². The molecule has 7 heteroatoms. The number of carbonyl (C=O) groups excluding carboxylic acids is 3. The Morgan fingerprint density at radius 2 is 1.80 bits per heavy atom. The molecule has 0 atom stereocenters. The van der Waals surface area contributed by atoms with Crippen molar-refractivity contribution in [2.75, 3.05) is 20.3 Å². The van der Waals surface area contributed by atoms with Gasteiger partial charge in [0.25, 0.3) is 5.91 Å². The molecule has 6 nitrogen and oxygen atoms in total. The first-order valence-corrected chi connectivity index (χ1v) is 8.55. The highest BCUT2D eigenvalue weighted by Gasteiger charge is 2.13. The van der Waals surface area contributed by atoms with E-state index < -0.39 is 11.9 Å². The molecule has 0 aliphatic rings. The Balaban J connectivity index is 1.76. The molecule has 132 valence electrons. The van der Waals surface area contributed by atoms with Crippen molar-refractivity contribution in [1.29, 1.82) is 0 Å². The summed E-state index contributed by atoms with van der Waals surface area (Å²) in [6.07, 6.45) is 0.856. The number of thiophene rings is 1. The number of nitrogens with one attached hydrogen (secondary N) is 1. The van der Waals surface area contributed by atoms with Crippen molar-refractivity contribution < 1.29 is 23.9 Å². The van der Waals surface area contributed by atoms with Gasteiger partial charge in [0.05, 0.1) is 12.0 Å². The Bertz CT molecular complexity index is 751. The van der Waals surface area contributed by atoms with Crippen LogP contribution in [0, 0.1) is 0 Å². The zero-order valence-electron chi connectivity index (χ0n) is 14.0. The number of ketones is 1. The van der Waals surface area contributed by atoms with E-state index in [4.69, 9.17) is 9.47 Å². The average Bonchev–Trinajstić information content (AvgIpc) is 3.13. The summed E-state index contributed by atoms with van der Waals surface area (Å²) in [6, 6.07) is 10.1. The normalized spacial score (nSPS) is 10.2. The van der Waals surface area contributed by atoms with E-state index in [9.17, 15) is 14.4 Å². The van der Waals surface area contributed by atoms with E-state index in [2.05, 4.69) is 5.32 Å². The SMILES string of the molecule is CCc1ccc(C(=O)COC(=O)CNC(=O)c2ccc(OC)cc2)s1. The molecule has 2 rings (SSSR count). The van der Waals surface area contributed by atoms with Crippen molar-refractivity contribution >= 4 is 29.0 Å². The van der Waals surface area contributed by atoms with Gasteiger partial charge in [-0.2, -0.15) is 0 Å². The molecule has 1 aromatic heterocycles. The van der Waals surface area contributed by atoms with Crippen molar-refractivity contribution in [2.45, 2.75) is 13.3 Å². The van der Waals surface area contributed by atoms with E-state index in [1.54, 1.807) is 30.3 Å².